The third-order valence-electron chi connectivity index (χ3n) is 3.01. The van der Waals surface area contributed by atoms with Gasteiger partial charge in [-0.3, -0.25) is 4.79 Å². The van der Waals surface area contributed by atoms with E-state index in [0.29, 0.717) is 6.54 Å². The number of nitrogens with one attached hydrogen (secondary N) is 1. The molecule has 2 aromatic rings. The van der Waals surface area contributed by atoms with Crippen molar-refractivity contribution in [3.63, 3.8) is 0 Å². The molecule has 0 saturated carbocycles. The molecule has 2 rings (SSSR count). The van der Waals surface area contributed by atoms with Crippen molar-refractivity contribution >= 4 is 5.91 Å². The van der Waals surface area contributed by atoms with E-state index in [0.717, 1.165) is 22.7 Å². The SMILES string of the molecule is Cc1cc(CN(C)C(=O)c2cc[nH]c2C(C)C)no1. The van der Waals surface area contributed by atoms with Crippen LogP contribution in [0.5, 0.6) is 0 Å². The van der Waals surface area contributed by atoms with Crippen LogP contribution in [0.1, 0.15) is 47.3 Å². The Labute approximate surface area is 112 Å². The first-order valence-corrected chi connectivity index (χ1v) is 6.34. The number of hydrogen-bond acceptors (Lipinski definition) is 3. The van der Waals surface area contributed by atoms with E-state index in [9.17, 15) is 4.79 Å². The Morgan fingerprint density at radius 1 is 1.53 bits per heavy atom. The minimum absolute atomic E-state index is 0.00870. The number of rotatable bonds is 4. The highest BCUT2D eigenvalue weighted by atomic mass is 16.5. The van der Waals surface area contributed by atoms with Crippen LogP contribution in [0.3, 0.4) is 0 Å². The first-order chi connectivity index (χ1) is 8.99. The molecule has 0 aromatic carbocycles. The summed E-state index contributed by atoms with van der Waals surface area (Å²) in [6.45, 7) is 6.40. The number of aromatic amines is 1. The van der Waals surface area contributed by atoms with Crippen LogP contribution in [0.15, 0.2) is 22.9 Å². The molecular formula is C14H19N3O2. The Bertz CT molecular complexity index is 569. The highest BCUT2D eigenvalue weighted by Crippen LogP contribution is 2.19. The molecule has 1 N–H and O–H groups in total. The highest BCUT2D eigenvalue weighted by Gasteiger charge is 2.19. The number of carbonyl (C=O) groups excluding carboxylic acids is 1. The first kappa shape index (κ1) is 13.4. The van der Waals surface area contributed by atoms with Gasteiger partial charge in [-0.1, -0.05) is 19.0 Å². The van der Waals surface area contributed by atoms with Gasteiger partial charge in [0.05, 0.1) is 12.1 Å². The van der Waals surface area contributed by atoms with Gasteiger partial charge in [-0.05, 0) is 18.9 Å². The fraction of sp³-hybridized carbons (Fsp3) is 0.429. The van der Waals surface area contributed by atoms with Crippen LogP contribution in [0.2, 0.25) is 0 Å². The summed E-state index contributed by atoms with van der Waals surface area (Å²) in [6, 6.07) is 3.66. The lowest BCUT2D eigenvalue weighted by atomic mass is 10.1. The summed E-state index contributed by atoms with van der Waals surface area (Å²) in [4.78, 5) is 17.2. The maximum Gasteiger partial charge on any atom is 0.255 e. The molecule has 0 atom stereocenters. The second kappa shape index (κ2) is 5.30. The van der Waals surface area contributed by atoms with Gasteiger partial charge < -0.3 is 14.4 Å². The van der Waals surface area contributed by atoms with E-state index in [1.54, 1.807) is 18.1 Å². The summed E-state index contributed by atoms with van der Waals surface area (Å²) in [5.74, 6) is 1.03. The van der Waals surface area contributed by atoms with Crippen molar-refractivity contribution in [2.45, 2.75) is 33.2 Å². The largest absolute Gasteiger partial charge is 0.364 e. The average Bonchev–Trinajstić information content (AvgIpc) is 2.97. The van der Waals surface area contributed by atoms with Crippen LogP contribution in [0, 0.1) is 6.92 Å². The van der Waals surface area contributed by atoms with Crippen molar-refractivity contribution in [2.24, 2.45) is 0 Å². The Balaban J connectivity index is 2.12. The summed E-state index contributed by atoms with van der Waals surface area (Å²) >= 11 is 0. The fourth-order valence-electron chi connectivity index (χ4n) is 2.06. The van der Waals surface area contributed by atoms with Gasteiger partial charge in [-0.25, -0.2) is 0 Å². The molecule has 19 heavy (non-hydrogen) atoms. The molecule has 5 nitrogen and oxygen atoms in total. The molecule has 0 aliphatic heterocycles. The van der Waals surface area contributed by atoms with E-state index in [1.165, 1.54) is 0 Å². The van der Waals surface area contributed by atoms with Gasteiger partial charge in [0.2, 0.25) is 0 Å². The number of nitrogens with zero attached hydrogens (tertiary/aromatic N) is 2. The molecule has 0 saturated heterocycles. The predicted molar refractivity (Wildman–Crippen MR) is 71.9 cm³/mol. The van der Waals surface area contributed by atoms with Crippen LogP contribution >= 0.6 is 0 Å². The minimum Gasteiger partial charge on any atom is -0.364 e. The summed E-state index contributed by atoms with van der Waals surface area (Å²) in [5, 5.41) is 3.90. The molecule has 5 heteroatoms. The van der Waals surface area contributed by atoms with Crippen molar-refractivity contribution in [3.8, 4) is 0 Å². The van der Waals surface area contributed by atoms with Gasteiger partial charge in [-0.2, -0.15) is 0 Å². The van der Waals surface area contributed by atoms with Crippen molar-refractivity contribution in [2.75, 3.05) is 7.05 Å². The second-order valence-corrected chi connectivity index (χ2v) is 5.05. The molecule has 0 bridgehead atoms. The van der Waals surface area contributed by atoms with Crippen molar-refractivity contribution in [3.05, 3.63) is 41.0 Å². The van der Waals surface area contributed by atoms with E-state index >= 15 is 0 Å². The number of amides is 1. The standard InChI is InChI=1S/C14H19N3O2/c1-9(2)13-12(5-6-15-13)14(18)17(4)8-11-7-10(3)19-16-11/h5-7,9,15H,8H2,1-4H3. The van der Waals surface area contributed by atoms with Gasteiger partial charge in [0, 0.05) is 25.0 Å². The monoisotopic (exact) mass is 261 g/mol. The molecular weight excluding hydrogens is 242 g/mol. The lowest BCUT2D eigenvalue weighted by Crippen LogP contribution is -2.27. The maximum absolute atomic E-state index is 12.4. The molecule has 0 spiro atoms. The zero-order chi connectivity index (χ0) is 14.0. The highest BCUT2D eigenvalue weighted by molar-refractivity contribution is 5.95. The van der Waals surface area contributed by atoms with E-state index in [2.05, 4.69) is 24.0 Å². The van der Waals surface area contributed by atoms with Gasteiger partial charge in [0.1, 0.15) is 11.5 Å². The Morgan fingerprint density at radius 2 is 2.26 bits per heavy atom. The first-order valence-electron chi connectivity index (χ1n) is 6.34. The van der Waals surface area contributed by atoms with Gasteiger partial charge in [0.15, 0.2) is 0 Å². The third kappa shape index (κ3) is 2.86. The molecule has 102 valence electrons. The molecule has 0 aliphatic carbocycles. The molecule has 2 heterocycles. The minimum atomic E-state index is -0.00870. The van der Waals surface area contributed by atoms with E-state index < -0.39 is 0 Å². The molecule has 2 aromatic heterocycles. The van der Waals surface area contributed by atoms with Crippen molar-refractivity contribution in [1.82, 2.24) is 15.0 Å². The summed E-state index contributed by atoms with van der Waals surface area (Å²) in [5.41, 5.74) is 2.45. The number of carbonyl (C=O) groups is 1. The Hall–Kier alpha value is -2.04. The quantitative estimate of drug-likeness (QED) is 0.920. The normalized spacial score (nSPS) is 11.0. The van der Waals surface area contributed by atoms with E-state index in [1.807, 2.05) is 19.1 Å². The van der Waals surface area contributed by atoms with Crippen LogP contribution < -0.4 is 0 Å². The second-order valence-electron chi connectivity index (χ2n) is 5.05. The van der Waals surface area contributed by atoms with Gasteiger partial charge in [0.25, 0.3) is 5.91 Å². The topological polar surface area (TPSA) is 62.1 Å². The van der Waals surface area contributed by atoms with Crippen LogP contribution in [-0.2, 0) is 6.54 Å². The number of H-pyrrole nitrogens is 1. The molecule has 0 radical (unpaired) electrons. The number of aromatic nitrogens is 2. The van der Waals surface area contributed by atoms with Crippen molar-refractivity contribution in [1.29, 1.82) is 0 Å². The summed E-state index contributed by atoms with van der Waals surface area (Å²) < 4.78 is 5.00. The van der Waals surface area contributed by atoms with Crippen LogP contribution in [-0.4, -0.2) is 28.0 Å². The summed E-state index contributed by atoms with van der Waals surface area (Å²) in [7, 11) is 1.77. The number of hydrogen-bond donors (Lipinski definition) is 1. The fourth-order valence-corrected chi connectivity index (χ4v) is 2.06. The summed E-state index contributed by atoms with van der Waals surface area (Å²) in [6.07, 6.45) is 1.80. The van der Waals surface area contributed by atoms with Crippen LogP contribution in [0.4, 0.5) is 0 Å². The smallest absolute Gasteiger partial charge is 0.255 e. The lowest BCUT2D eigenvalue weighted by Gasteiger charge is -2.16. The molecule has 0 fully saturated rings. The molecule has 0 aliphatic rings. The lowest BCUT2D eigenvalue weighted by molar-refractivity contribution is 0.0781. The third-order valence-corrected chi connectivity index (χ3v) is 3.01. The van der Waals surface area contributed by atoms with E-state index in [-0.39, 0.29) is 11.8 Å². The predicted octanol–water partition coefficient (Wildman–Crippen LogP) is 2.71. The Morgan fingerprint density at radius 3 is 2.84 bits per heavy atom. The molecule has 1 amide bonds. The van der Waals surface area contributed by atoms with Gasteiger partial charge in [-0.15, -0.1) is 0 Å². The van der Waals surface area contributed by atoms with E-state index in [4.69, 9.17) is 4.52 Å². The Kier molecular flexibility index (Phi) is 3.74. The number of aryl methyl sites for hydroxylation is 1. The zero-order valence-corrected chi connectivity index (χ0v) is 11.7. The molecule has 0 unspecified atom stereocenters. The van der Waals surface area contributed by atoms with Crippen molar-refractivity contribution < 1.29 is 9.32 Å². The average molecular weight is 261 g/mol. The maximum atomic E-state index is 12.4. The van der Waals surface area contributed by atoms with Crippen LogP contribution in [0.25, 0.3) is 0 Å². The zero-order valence-electron chi connectivity index (χ0n) is 11.7. The van der Waals surface area contributed by atoms with Gasteiger partial charge >= 0.3 is 0 Å².